The van der Waals surface area contributed by atoms with Crippen LogP contribution in [0.25, 0.3) is 0 Å². The molecule has 0 aliphatic heterocycles. The normalized spacial score (nSPS) is 12.7. The van der Waals surface area contributed by atoms with Crippen LogP contribution in [0.2, 0.25) is 0 Å². The predicted molar refractivity (Wildman–Crippen MR) is 338 cm³/mol. The van der Waals surface area contributed by atoms with Gasteiger partial charge in [-0.2, -0.15) is 0 Å². The Hall–Kier alpha value is -1.92. The summed E-state index contributed by atoms with van der Waals surface area (Å²) in [6.07, 6.45) is 84.6. The maximum atomic E-state index is 12.5. The van der Waals surface area contributed by atoms with Crippen LogP contribution in [0, 0.1) is 0 Å². The van der Waals surface area contributed by atoms with Crippen molar-refractivity contribution in [2.24, 2.45) is 0 Å². The zero-order valence-electron chi connectivity index (χ0n) is 52.0. The minimum absolute atomic E-state index is 0.0159. The molecule has 6 nitrogen and oxygen atoms in total. The fourth-order valence-corrected chi connectivity index (χ4v) is 10.9. The van der Waals surface area contributed by atoms with E-state index in [-0.39, 0.29) is 18.5 Å². The first kappa shape index (κ1) is 75.1. The summed E-state index contributed by atoms with van der Waals surface area (Å²) >= 11 is 0. The molecule has 0 aromatic heterocycles. The highest BCUT2D eigenvalue weighted by molar-refractivity contribution is 5.76. The van der Waals surface area contributed by atoms with E-state index in [2.05, 4.69) is 55.6 Å². The average molecular weight is 1080 g/mol. The number of unbranched alkanes of at least 4 members (excludes halogenated alkanes) is 49. The van der Waals surface area contributed by atoms with Crippen molar-refractivity contribution in [3.8, 4) is 0 Å². The smallest absolute Gasteiger partial charge is 0.305 e. The van der Waals surface area contributed by atoms with Gasteiger partial charge in [-0.1, -0.05) is 320 Å². The Morgan fingerprint density at radius 2 is 0.649 bits per heavy atom. The quantitative estimate of drug-likeness (QED) is 0.0244. The minimum Gasteiger partial charge on any atom is -0.466 e. The summed E-state index contributed by atoms with van der Waals surface area (Å²) in [5.74, 6) is -0.0569. The van der Waals surface area contributed by atoms with Crippen LogP contribution in [0.1, 0.15) is 380 Å². The number of carbonyl (C=O) groups excluding carboxylic acids is 2. The van der Waals surface area contributed by atoms with E-state index in [4.69, 9.17) is 4.74 Å². The molecule has 0 saturated heterocycles. The molecule has 2 atom stereocenters. The molecule has 0 saturated carbocycles. The molecule has 3 N–H and O–H groups in total. The van der Waals surface area contributed by atoms with Gasteiger partial charge >= 0.3 is 5.97 Å². The molecule has 0 aromatic carbocycles. The van der Waals surface area contributed by atoms with Crippen molar-refractivity contribution in [3.05, 3.63) is 36.5 Å². The van der Waals surface area contributed by atoms with E-state index in [0.717, 1.165) is 70.6 Å². The molecule has 6 heteroatoms. The molecule has 0 heterocycles. The first-order valence-electron chi connectivity index (χ1n) is 34.8. The van der Waals surface area contributed by atoms with Crippen LogP contribution in [0.15, 0.2) is 36.5 Å². The number of ether oxygens (including phenoxy) is 1. The first-order chi connectivity index (χ1) is 38.0. The summed E-state index contributed by atoms with van der Waals surface area (Å²) in [5, 5.41) is 23.4. The number of esters is 1. The molecule has 0 aliphatic carbocycles. The van der Waals surface area contributed by atoms with Gasteiger partial charge in [0.2, 0.25) is 5.91 Å². The highest BCUT2D eigenvalue weighted by Gasteiger charge is 2.20. The Kier molecular flexibility index (Phi) is 64.9. The van der Waals surface area contributed by atoms with E-state index in [0.29, 0.717) is 25.9 Å². The van der Waals surface area contributed by atoms with Crippen molar-refractivity contribution in [1.82, 2.24) is 5.32 Å². The number of allylic oxidation sites excluding steroid dienone is 6. The standard InChI is InChI=1S/C71H135NO5/c1-3-5-7-9-11-13-15-17-19-21-22-23-24-25-26-28-32-35-39-43-47-51-55-59-63-69(74)68(67-73)72-70(75)64-60-56-52-48-44-40-36-33-29-27-30-34-38-42-46-50-54-58-62-66-77-71(76)65-61-57-53-49-45-41-37-31-20-18-16-14-12-10-8-6-4-2/h18,20,34,38,42,46,68-69,73-74H,3-17,19,21-33,35-37,39-41,43-45,47-67H2,1-2H3,(H,72,75)/b20-18-,38-34-,46-42-. The third-order valence-electron chi connectivity index (χ3n) is 16.2. The molecule has 0 fully saturated rings. The van der Waals surface area contributed by atoms with Crippen LogP contribution >= 0.6 is 0 Å². The number of hydrogen-bond acceptors (Lipinski definition) is 5. The van der Waals surface area contributed by atoms with Crippen LogP contribution < -0.4 is 5.32 Å². The van der Waals surface area contributed by atoms with E-state index in [1.807, 2.05) is 0 Å². The average Bonchev–Trinajstić information content (AvgIpc) is 3.43. The van der Waals surface area contributed by atoms with Gasteiger partial charge in [-0.15, -0.1) is 0 Å². The molecule has 0 radical (unpaired) electrons. The number of amides is 1. The first-order valence-corrected chi connectivity index (χ1v) is 34.8. The monoisotopic (exact) mass is 1080 g/mol. The minimum atomic E-state index is -0.673. The molecule has 77 heavy (non-hydrogen) atoms. The molecule has 0 spiro atoms. The summed E-state index contributed by atoms with van der Waals surface area (Å²) in [7, 11) is 0. The Morgan fingerprint density at radius 3 is 1.00 bits per heavy atom. The summed E-state index contributed by atoms with van der Waals surface area (Å²) < 4.78 is 5.47. The Bertz CT molecular complexity index is 1250. The lowest BCUT2D eigenvalue weighted by Crippen LogP contribution is -2.45. The lowest BCUT2D eigenvalue weighted by Gasteiger charge is -2.22. The van der Waals surface area contributed by atoms with Gasteiger partial charge in [0.15, 0.2) is 0 Å². The van der Waals surface area contributed by atoms with Gasteiger partial charge in [0.05, 0.1) is 25.4 Å². The molecule has 0 rings (SSSR count). The van der Waals surface area contributed by atoms with Crippen molar-refractivity contribution in [1.29, 1.82) is 0 Å². The van der Waals surface area contributed by atoms with E-state index < -0.39 is 12.1 Å². The summed E-state index contributed by atoms with van der Waals surface area (Å²) in [5.41, 5.74) is 0. The number of aliphatic hydroxyl groups excluding tert-OH is 2. The van der Waals surface area contributed by atoms with Gasteiger partial charge in [0.25, 0.3) is 0 Å². The van der Waals surface area contributed by atoms with Crippen molar-refractivity contribution < 1.29 is 24.5 Å². The van der Waals surface area contributed by atoms with E-state index in [1.54, 1.807) is 0 Å². The highest BCUT2D eigenvalue weighted by atomic mass is 16.5. The fourth-order valence-electron chi connectivity index (χ4n) is 10.9. The molecule has 0 bridgehead atoms. The van der Waals surface area contributed by atoms with Crippen LogP contribution in [0.4, 0.5) is 0 Å². The van der Waals surface area contributed by atoms with Crippen LogP contribution in [-0.2, 0) is 14.3 Å². The van der Waals surface area contributed by atoms with Gasteiger partial charge in [-0.3, -0.25) is 9.59 Å². The Labute approximate surface area is 481 Å². The predicted octanol–water partition coefficient (Wildman–Crippen LogP) is 22.3. The number of carbonyl (C=O) groups is 2. The van der Waals surface area contributed by atoms with Gasteiger partial charge in [0, 0.05) is 12.8 Å². The van der Waals surface area contributed by atoms with Crippen LogP contribution in [-0.4, -0.2) is 47.4 Å². The van der Waals surface area contributed by atoms with Crippen LogP contribution in [0.3, 0.4) is 0 Å². The SMILES string of the molecule is CCCCCCCC/C=C\CCCCCCCCCC(=O)OCCCCC/C=C\C=C/CCCCCCCCCCCCC(=O)NC(CO)C(O)CCCCCCCCCCCCCCCCCCCCCCCCCC. The number of nitrogens with one attached hydrogen (secondary N) is 1. The third-order valence-corrected chi connectivity index (χ3v) is 16.2. The summed E-state index contributed by atoms with van der Waals surface area (Å²) in [4.78, 5) is 24.6. The third kappa shape index (κ3) is 63.1. The van der Waals surface area contributed by atoms with E-state index in [1.165, 1.54) is 276 Å². The number of aliphatic hydroxyl groups is 2. The molecule has 454 valence electrons. The maximum Gasteiger partial charge on any atom is 0.305 e. The van der Waals surface area contributed by atoms with E-state index >= 15 is 0 Å². The highest BCUT2D eigenvalue weighted by Crippen LogP contribution is 2.18. The summed E-state index contributed by atoms with van der Waals surface area (Å²) in [6.45, 7) is 4.94. The van der Waals surface area contributed by atoms with Gasteiger partial charge in [-0.05, 0) is 83.5 Å². The lowest BCUT2D eigenvalue weighted by molar-refractivity contribution is -0.143. The molecule has 0 aliphatic rings. The van der Waals surface area contributed by atoms with Gasteiger partial charge in [-0.25, -0.2) is 0 Å². The lowest BCUT2D eigenvalue weighted by atomic mass is 10.0. The van der Waals surface area contributed by atoms with Crippen molar-refractivity contribution >= 4 is 11.9 Å². The Balaban J connectivity index is 3.46. The van der Waals surface area contributed by atoms with Crippen molar-refractivity contribution in [3.63, 3.8) is 0 Å². The van der Waals surface area contributed by atoms with Crippen molar-refractivity contribution in [2.75, 3.05) is 13.2 Å². The number of rotatable bonds is 65. The van der Waals surface area contributed by atoms with Gasteiger partial charge in [0.1, 0.15) is 0 Å². The maximum absolute atomic E-state index is 12.5. The molecular formula is C71H135NO5. The molecule has 0 aromatic rings. The second-order valence-electron chi connectivity index (χ2n) is 23.9. The number of hydrogen-bond donors (Lipinski definition) is 3. The fraction of sp³-hybridized carbons (Fsp3) is 0.887. The second kappa shape index (κ2) is 66.6. The zero-order chi connectivity index (χ0) is 55.7. The second-order valence-corrected chi connectivity index (χ2v) is 23.9. The van der Waals surface area contributed by atoms with Crippen LogP contribution in [0.5, 0.6) is 0 Å². The summed E-state index contributed by atoms with van der Waals surface area (Å²) in [6, 6.07) is -0.551. The molecule has 1 amide bonds. The topological polar surface area (TPSA) is 95.9 Å². The van der Waals surface area contributed by atoms with E-state index in [9.17, 15) is 19.8 Å². The van der Waals surface area contributed by atoms with Gasteiger partial charge < -0.3 is 20.3 Å². The zero-order valence-corrected chi connectivity index (χ0v) is 52.0. The largest absolute Gasteiger partial charge is 0.466 e. The Morgan fingerprint density at radius 1 is 0.364 bits per heavy atom. The molecular weight excluding hydrogens is 947 g/mol. The molecule has 2 unspecified atom stereocenters. The van der Waals surface area contributed by atoms with Crippen molar-refractivity contribution in [2.45, 2.75) is 392 Å².